The molecule has 3 aromatic carbocycles. The number of carbonyl (C=O) groups excluding carboxylic acids is 3. The van der Waals surface area contributed by atoms with Crippen LogP contribution in [0.15, 0.2) is 84.6 Å². The lowest BCUT2D eigenvalue weighted by Crippen LogP contribution is -2.54. The molecule has 4 aromatic rings. The standard InChI is InChI=1S/C27H20FN3O3/c1-17-5-4-6-18(13-17)15-30-16-19(22-7-2-3-8-24(22)30)14-23-25(32)29-27(34)31(26(23)33)21-11-9-20(28)10-12-21/h2-14,16H,15H2,1H3,(H,29,32,34)/b23-14-. The van der Waals surface area contributed by atoms with Crippen LogP contribution in [0.4, 0.5) is 14.9 Å². The molecule has 0 bridgehead atoms. The van der Waals surface area contributed by atoms with Crippen LogP contribution in [0.3, 0.4) is 0 Å². The van der Waals surface area contributed by atoms with E-state index in [1.807, 2.05) is 55.6 Å². The summed E-state index contributed by atoms with van der Waals surface area (Å²) in [6.45, 7) is 2.65. The van der Waals surface area contributed by atoms with Gasteiger partial charge in [0, 0.05) is 29.2 Å². The van der Waals surface area contributed by atoms with Gasteiger partial charge >= 0.3 is 6.03 Å². The fourth-order valence-corrected chi connectivity index (χ4v) is 4.17. The molecular weight excluding hydrogens is 433 g/mol. The zero-order valence-corrected chi connectivity index (χ0v) is 18.3. The minimum atomic E-state index is -0.874. The molecule has 1 aliphatic rings. The van der Waals surface area contributed by atoms with E-state index in [9.17, 15) is 18.8 Å². The predicted molar refractivity (Wildman–Crippen MR) is 128 cm³/mol. The maximum atomic E-state index is 13.3. The van der Waals surface area contributed by atoms with Crippen molar-refractivity contribution in [1.82, 2.24) is 9.88 Å². The van der Waals surface area contributed by atoms with Crippen LogP contribution in [0.25, 0.3) is 17.0 Å². The molecule has 0 saturated carbocycles. The van der Waals surface area contributed by atoms with Crippen LogP contribution >= 0.6 is 0 Å². The van der Waals surface area contributed by atoms with E-state index < -0.39 is 23.7 Å². The van der Waals surface area contributed by atoms with Crippen LogP contribution in [0.1, 0.15) is 16.7 Å². The third-order valence-corrected chi connectivity index (χ3v) is 5.74. The number of para-hydroxylation sites is 1. The molecule has 6 nitrogen and oxygen atoms in total. The number of amides is 4. The average Bonchev–Trinajstić information content (AvgIpc) is 3.15. The van der Waals surface area contributed by atoms with Gasteiger partial charge in [0.25, 0.3) is 11.8 Å². The highest BCUT2D eigenvalue weighted by Gasteiger charge is 2.37. The maximum absolute atomic E-state index is 13.3. The summed E-state index contributed by atoms with van der Waals surface area (Å²) in [4.78, 5) is 39.0. The van der Waals surface area contributed by atoms with Gasteiger partial charge in [0.15, 0.2) is 0 Å². The summed E-state index contributed by atoms with van der Waals surface area (Å²) >= 11 is 0. The van der Waals surface area contributed by atoms with Crippen LogP contribution in [-0.2, 0) is 16.1 Å². The van der Waals surface area contributed by atoms with Crippen LogP contribution < -0.4 is 10.2 Å². The Morgan fingerprint density at radius 1 is 0.941 bits per heavy atom. The average molecular weight is 453 g/mol. The number of aromatic nitrogens is 1. The van der Waals surface area contributed by atoms with Crippen LogP contribution in [-0.4, -0.2) is 22.4 Å². The van der Waals surface area contributed by atoms with Gasteiger partial charge in [0.1, 0.15) is 11.4 Å². The monoisotopic (exact) mass is 453 g/mol. The summed E-state index contributed by atoms with van der Waals surface area (Å²) in [6.07, 6.45) is 3.38. The number of rotatable bonds is 4. The second-order valence-corrected chi connectivity index (χ2v) is 8.15. The Morgan fingerprint density at radius 2 is 1.71 bits per heavy atom. The van der Waals surface area contributed by atoms with E-state index in [-0.39, 0.29) is 11.3 Å². The third kappa shape index (κ3) is 3.88. The van der Waals surface area contributed by atoms with Crippen LogP contribution in [0.5, 0.6) is 0 Å². The summed E-state index contributed by atoms with van der Waals surface area (Å²) in [7, 11) is 0. The molecule has 0 radical (unpaired) electrons. The number of aryl methyl sites for hydroxylation is 1. The summed E-state index contributed by atoms with van der Waals surface area (Å²) in [6, 6.07) is 20.0. The van der Waals surface area contributed by atoms with Crippen molar-refractivity contribution in [2.24, 2.45) is 0 Å². The molecule has 1 aromatic heterocycles. The number of fused-ring (bicyclic) bond motifs is 1. The third-order valence-electron chi connectivity index (χ3n) is 5.74. The van der Waals surface area contributed by atoms with E-state index >= 15 is 0 Å². The zero-order chi connectivity index (χ0) is 23.8. The predicted octanol–water partition coefficient (Wildman–Crippen LogP) is 4.80. The lowest BCUT2D eigenvalue weighted by Gasteiger charge is -2.26. The van der Waals surface area contributed by atoms with Gasteiger partial charge in [-0.15, -0.1) is 0 Å². The van der Waals surface area contributed by atoms with Crippen LogP contribution in [0, 0.1) is 12.7 Å². The van der Waals surface area contributed by atoms with Gasteiger partial charge in [-0.1, -0.05) is 48.0 Å². The van der Waals surface area contributed by atoms with Crippen molar-refractivity contribution < 1.29 is 18.8 Å². The largest absolute Gasteiger partial charge is 0.342 e. The van der Waals surface area contributed by atoms with E-state index in [4.69, 9.17) is 0 Å². The Morgan fingerprint density at radius 3 is 2.47 bits per heavy atom. The number of anilines is 1. The molecule has 5 rings (SSSR count). The normalized spacial score (nSPS) is 15.3. The number of carbonyl (C=O) groups is 3. The molecule has 34 heavy (non-hydrogen) atoms. The Labute approximate surface area is 194 Å². The fraction of sp³-hybridized carbons (Fsp3) is 0.0741. The van der Waals surface area contributed by atoms with E-state index in [0.29, 0.717) is 12.1 Å². The van der Waals surface area contributed by atoms with Gasteiger partial charge < -0.3 is 4.57 Å². The highest BCUT2D eigenvalue weighted by atomic mass is 19.1. The number of benzene rings is 3. The summed E-state index contributed by atoms with van der Waals surface area (Å²) < 4.78 is 15.4. The van der Waals surface area contributed by atoms with Gasteiger partial charge in [0.05, 0.1) is 5.69 Å². The van der Waals surface area contributed by atoms with Gasteiger partial charge in [-0.05, 0) is 48.9 Å². The lowest BCUT2D eigenvalue weighted by molar-refractivity contribution is -0.122. The summed E-state index contributed by atoms with van der Waals surface area (Å²) in [5.41, 5.74) is 3.90. The minimum Gasteiger partial charge on any atom is -0.342 e. The van der Waals surface area contributed by atoms with E-state index in [1.54, 1.807) is 0 Å². The topological polar surface area (TPSA) is 71.4 Å². The maximum Gasteiger partial charge on any atom is 0.335 e. The molecule has 168 valence electrons. The Balaban J connectivity index is 1.56. The molecule has 1 fully saturated rings. The van der Waals surface area contributed by atoms with Gasteiger partial charge in [0.2, 0.25) is 0 Å². The first-order valence-electron chi connectivity index (χ1n) is 10.7. The number of urea groups is 1. The van der Waals surface area contributed by atoms with Gasteiger partial charge in [-0.25, -0.2) is 14.1 Å². The van der Waals surface area contributed by atoms with Crippen molar-refractivity contribution in [3.05, 3.63) is 107 Å². The Bertz CT molecular complexity index is 1480. The first-order valence-corrected chi connectivity index (χ1v) is 10.7. The fourth-order valence-electron chi connectivity index (χ4n) is 4.17. The molecular formula is C27H20FN3O3. The smallest absolute Gasteiger partial charge is 0.335 e. The lowest BCUT2D eigenvalue weighted by atomic mass is 10.1. The van der Waals surface area contributed by atoms with E-state index in [1.165, 1.54) is 18.2 Å². The number of imide groups is 2. The van der Waals surface area contributed by atoms with Gasteiger partial charge in [-0.2, -0.15) is 0 Å². The Kier molecular flexibility index (Phi) is 5.30. The highest BCUT2D eigenvalue weighted by Crippen LogP contribution is 2.27. The minimum absolute atomic E-state index is 0.171. The number of hydrogen-bond donors (Lipinski definition) is 1. The van der Waals surface area contributed by atoms with Crippen molar-refractivity contribution in [2.45, 2.75) is 13.5 Å². The highest BCUT2D eigenvalue weighted by molar-refractivity contribution is 6.39. The first kappa shape index (κ1) is 21.3. The SMILES string of the molecule is Cc1cccc(Cn2cc(/C=C3/C(=O)NC(=O)N(c4ccc(F)cc4)C3=O)c3ccccc32)c1. The number of nitrogens with one attached hydrogen (secondary N) is 1. The quantitative estimate of drug-likeness (QED) is 0.356. The number of nitrogens with zero attached hydrogens (tertiary/aromatic N) is 2. The van der Waals surface area contributed by atoms with E-state index in [2.05, 4.69) is 16.0 Å². The molecule has 7 heteroatoms. The van der Waals surface area contributed by atoms with Crippen molar-refractivity contribution >= 4 is 40.5 Å². The molecule has 0 unspecified atom stereocenters. The molecule has 1 saturated heterocycles. The molecule has 2 heterocycles. The second-order valence-electron chi connectivity index (χ2n) is 8.15. The second kappa shape index (κ2) is 8.44. The zero-order valence-electron chi connectivity index (χ0n) is 18.3. The van der Waals surface area contributed by atoms with Crippen molar-refractivity contribution in [3.8, 4) is 0 Å². The summed E-state index contributed by atoms with van der Waals surface area (Å²) in [5.74, 6) is -2.04. The van der Waals surface area contributed by atoms with Crippen LogP contribution in [0.2, 0.25) is 0 Å². The van der Waals surface area contributed by atoms with E-state index in [0.717, 1.165) is 39.1 Å². The molecule has 1 aliphatic heterocycles. The van der Waals surface area contributed by atoms with Crippen molar-refractivity contribution in [1.29, 1.82) is 0 Å². The molecule has 0 aliphatic carbocycles. The molecule has 1 N–H and O–H groups in total. The summed E-state index contributed by atoms with van der Waals surface area (Å²) in [5, 5.41) is 3.07. The molecule has 0 spiro atoms. The van der Waals surface area contributed by atoms with Crippen molar-refractivity contribution in [2.75, 3.05) is 4.90 Å². The molecule has 4 amide bonds. The first-order chi connectivity index (χ1) is 16.4. The molecule has 0 atom stereocenters. The van der Waals surface area contributed by atoms with Crippen molar-refractivity contribution in [3.63, 3.8) is 0 Å². The number of barbiturate groups is 1. The number of halogens is 1. The Hall–Kier alpha value is -4.52. The number of hydrogen-bond acceptors (Lipinski definition) is 3. The van der Waals surface area contributed by atoms with Gasteiger partial charge in [-0.3, -0.25) is 14.9 Å².